The first-order valence-corrected chi connectivity index (χ1v) is 8.50. The van der Waals surface area contributed by atoms with E-state index in [0.717, 1.165) is 25.7 Å². The number of hydrogen-bond donors (Lipinski definition) is 3. The lowest BCUT2D eigenvalue weighted by molar-refractivity contribution is -0.141. The number of nitrogens with two attached hydrogens (primary N) is 1. The Kier molecular flexibility index (Phi) is 9.92. The van der Waals surface area contributed by atoms with Crippen molar-refractivity contribution in [2.75, 3.05) is 0 Å². The number of rotatable bonds is 11. The summed E-state index contributed by atoms with van der Waals surface area (Å²) in [6.45, 7) is 7.30. The molecule has 0 aliphatic carbocycles. The molecule has 0 aromatic heterocycles. The van der Waals surface area contributed by atoms with Gasteiger partial charge in [-0.15, -0.1) is 0 Å². The topological polar surface area (TPSA) is 118 Å². The van der Waals surface area contributed by atoms with Crippen LogP contribution in [0.1, 0.15) is 72.6 Å². The zero-order valence-corrected chi connectivity index (χ0v) is 15.2. The van der Waals surface area contributed by atoms with Crippen LogP contribution in [-0.4, -0.2) is 35.1 Å². The molecule has 0 saturated carbocycles. The highest BCUT2D eigenvalue weighted by atomic mass is 16.2. The van der Waals surface area contributed by atoms with Crippen LogP contribution in [0.2, 0.25) is 0 Å². The fraction of sp³-hybridized carbons (Fsp3) is 0.765. The van der Waals surface area contributed by atoms with Crippen LogP contribution in [-0.2, 0) is 19.2 Å². The molecule has 3 amide bonds. The van der Waals surface area contributed by atoms with Crippen molar-refractivity contribution in [1.82, 2.24) is 10.6 Å². The fourth-order valence-electron chi connectivity index (χ4n) is 2.13. The lowest BCUT2D eigenvalue weighted by Crippen LogP contribution is -2.52. The molecule has 0 heterocycles. The maximum atomic E-state index is 12.2. The third-order valence-electron chi connectivity index (χ3n) is 3.28. The van der Waals surface area contributed by atoms with Crippen molar-refractivity contribution in [1.29, 1.82) is 0 Å². The van der Waals surface area contributed by atoms with E-state index in [1.54, 1.807) is 20.8 Å². The molecule has 138 valence electrons. The molecular formula is C17H31N3O4. The molecule has 0 rings (SSSR count). The predicted octanol–water partition coefficient (Wildman–Crippen LogP) is 1.19. The Labute approximate surface area is 144 Å². The molecular weight excluding hydrogens is 310 g/mol. The van der Waals surface area contributed by atoms with Gasteiger partial charge in [0.15, 0.2) is 0 Å². The van der Waals surface area contributed by atoms with E-state index >= 15 is 0 Å². The van der Waals surface area contributed by atoms with Gasteiger partial charge in [0.25, 0.3) is 5.91 Å². The highest BCUT2D eigenvalue weighted by Crippen LogP contribution is 2.06. The quantitative estimate of drug-likeness (QED) is 0.386. The second-order valence-electron chi connectivity index (χ2n) is 7.02. The van der Waals surface area contributed by atoms with Gasteiger partial charge in [0.2, 0.25) is 17.6 Å². The van der Waals surface area contributed by atoms with Crippen LogP contribution in [0.5, 0.6) is 0 Å². The van der Waals surface area contributed by atoms with Gasteiger partial charge < -0.3 is 16.4 Å². The molecule has 0 spiro atoms. The molecule has 0 aromatic carbocycles. The zero-order valence-electron chi connectivity index (χ0n) is 15.2. The van der Waals surface area contributed by atoms with Crippen molar-refractivity contribution in [2.24, 2.45) is 5.73 Å². The minimum absolute atomic E-state index is 0.257. The summed E-state index contributed by atoms with van der Waals surface area (Å²) in [6.07, 6.45) is 4.80. The van der Waals surface area contributed by atoms with E-state index in [4.69, 9.17) is 5.73 Å². The number of hydrogen-bond acceptors (Lipinski definition) is 4. The molecule has 0 bridgehead atoms. The minimum atomic E-state index is -1.21. The standard InChI is InChI=1S/C17H31N3O4/c1-5-6-7-8-9-10-14(22)19-12(11-13(18)21)15(23)16(24)20-17(2,3)4/h12H,5-11H2,1-4H3,(H2,18,21)(H,19,22)(H,20,24)/t12-/m1/s1. The molecule has 1 atom stereocenters. The molecule has 0 unspecified atom stereocenters. The van der Waals surface area contributed by atoms with Gasteiger partial charge in [0.1, 0.15) is 6.04 Å². The Hall–Kier alpha value is -1.92. The number of carbonyl (C=O) groups excluding carboxylic acids is 4. The lowest BCUT2D eigenvalue weighted by atomic mass is 10.0. The predicted molar refractivity (Wildman–Crippen MR) is 92.0 cm³/mol. The highest BCUT2D eigenvalue weighted by Gasteiger charge is 2.30. The van der Waals surface area contributed by atoms with Crippen LogP contribution in [0.15, 0.2) is 0 Å². The molecule has 7 nitrogen and oxygen atoms in total. The summed E-state index contributed by atoms with van der Waals surface area (Å²) < 4.78 is 0. The lowest BCUT2D eigenvalue weighted by Gasteiger charge is -2.22. The van der Waals surface area contributed by atoms with Crippen LogP contribution < -0.4 is 16.4 Å². The third kappa shape index (κ3) is 10.7. The summed E-state index contributed by atoms with van der Waals surface area (Å²) in [5.41, 5.74) is 4.53. The number of amides is 3. The van der Waals surface area contributed by atoms with Crippen molar-refractivity contribution >= 4 is 23.5 Å². The number of carbonyl (C=O) groups is 4. The van der Waals surface area contributed by atoms with Gasteiger partial charge >= 0.3 is 0 Å². The van der Waals surface area contributed by atoms with Crippen molar-refractivity contribution in [3.05, 3.63) is 0 Å². The van der Waals surface area contributed by atoms with E-state index in [9.17, 15) is 19.2 Å². The van der Waals surface area contributed by atoms with Gasteiger partial charge in [0, 0.05) is 12.0 Å². The van der Waals surface area contributed by atoms with E-state index in [1.165, 1.54) is 0 Å². The molecule has 24 heavy (non-hydrogen) atoms. The molecule has 0 radical (unpaired) electrons. The summed E-state index contributed by atoms with van der Waals surface area (Å²) in [5, 5.41) is 4.98. The molecule has 0 aromatic rings. The Bertz CT molecular complexity index is 455. The monoisotopic (exact) mass is 341 g/mol. The molecule has 0 aliphatic rings. The van der Waals surface area contributed by atoms with Gasteiger partial charge in [-0.3, -0.25) is 19.2 Å². The summed E-state index contributed by atoms with van der Waals surface area (Å²) in [6, 6.07) is -1.21. The molecule has 7 heteroatoms. The molecule has 4 N–H and O–H groups in total. The third-order valence-corrected chi connectivity index (χ3v) is 3.28. The second kappa shape index (κ2) is 10.8. The van der Waals surface area contributed by atoms with Crippen molar-refractivity contribution in [3.63, 3.8) is 0 Å². The molecule has 0 fully saturated rings. The number of nitrogens with one attached hydrogen (secondary N) is 2. The van der Waals surface area contributed by atoms with Crippen LogP contribution in [0, 0.1) is 0 Å². The molecule has 0 saturated heterocycles. The largest absolute Gasteiger partial charge is 0.370 e. The number of unbranched alkanes of at least 4 members (excludes halogenated alkanes) is 4. The van der Waals surface area contributed by atoms with Crippen molar-refractivity contribution < 1.29 is 19.2 Å². The van der Waals surface area contributed by atoms with Crippen LogP contribution in [0.4, 0.5) is 0 Å². The van der Waals surface area contributed by atoms with Crippen LogP contribution in [0.25, 0.3) is 0 Å². The average Bonchev–Trinajstić information content (AvgIpc) is 2.43. The van der Waals surface area contributed by atoms with Crippen molar-refractivity contribution in [3.8, 4) is 0 Å². The Morgan fingerprint density at radius 1 is 1.00 bits per heavy atom. The first-order chi connectivity index (χ1) is 11.1. The minimum Gasteiger partial charge on any atom is -0.370 e. The van der Waals surface area contributed by atoms with E-state index in [1.807, 2.05) is 0 Å². The summed E-state index contributed by atoms with van der Waals surface area (Å²) in [5.74, 6) is -2.80. The van der Waals surface area contributed by atoms with Crippen LogP contribution in [0.3, 0.4) is 0 Å². The van der Waals surface area contributed by atoms with Crippen LogP contribution >= 0.6 is 0 Å². The highest BCUT2D eigenvalue weighted by molar-refractivity contribution is 6.38. The van der Waals surface area contributed by atoms with E-state index in [-0.39, 0.29) is 12.3 Å². The normalized spacial score (nSPS) is 12.3. The maximum Gasteiger partial charge on any atom is 0.290 e. The smallest absolute Gasteiger partial charge is 0.290 e. The second-order valence-corrected chi connectivity index (χ2v) is 7.02. The first kappa shape index (κ1) is 22.1. The summed E-state index contributed by atoms with van der Waals surface area (Å²) >= 11 is 0. The average molecular weight is 341 g/mol. The van der Waals surface area contributed by atoms with E-state index in [0.29, 0.717) is 6.42 Å². The summed E-state index contributed by atoms with van der Waals surface area (Å²) in [4.78, 5) is 47.2. The zero-order chi connectivity index (χ0) is 18.8. The van der Waals surface area contributed by atoms with Crippen molar-refractivity contribution in [2.45, 2.75) is 84.2 Å². The number of ketones is 1. The Balaban J connectivity index is 4.60. The SMILES string of the molecule is CCCCCCCC(=O)N[C@H](CC(N)=O)C(=O)C(=O)NC(C)(C)C. The van der Waals surface area contributed by atoms with E-state index in [2.05, 4.69) is 17.6 Å². The fourth-order valence-corrected chi connectivity index (χ4v) is 2.13. The number of primary amides is 1. The Morgan fingerprint density at radius 2 is 1.58 bits per heavy atom. The molecule has 0 aliphatic heterocycles. The van der Waals surface area contributed by atoms with Gasteiger partial charge in [0.05, 0.1) is 6.42 Å². The van der Waals surface area contributed by atoms with Gasteiger partial charge in [-0.1, -0.05) is 32.6 Å². The number of Topliss-reactive ketones (excluding diaryl/α,β-unsaturated/α-hetero) is 1. The Morgan fingerprint density at radius 3 is 2.08 bits per heavy atom. The van der Waals surface area contributed by atoms with Gasteiger partial charge in [-0.25, -0.2) is 0 Å². The maximum absolute atomic E-state index is 12.2. The summed E-state index contributed by atoms with van der Waals surface area (Å²) in [7, 11) is 0. The van der Waals surface area contributed by atoms with Gasteiger partial charge in [-0.05, 0) is 27.2 Å². The van der Waals surface area contributed by atoms with E-state index < -0.39 is 35.6 Å². The first-order valence-electron chi connectivity index (χ1n) is 8.50. The van der Waals surface area contributed by atoms with Gasteiger partial charge in [-0.2, -0.15) is 0 Å².